The van der Waals surface area contributed by atoms with Crippen molar-refractivity contribution in [2.75, 3.05) is 6.61 Å². The number of halogens is 3. The van der Waals surface area contributed by atoms with Crippen molar-refractivity contribution in [1.29, 1.82) is 0 Å². The molecule has 6 nitrogen and oxygen atoms in total. The van der Waals surface area contributed by atoms with Gasteiger partial charge in [-0.3, -0.25) is 9.59 Å². The zero-order chi connectivity index (χ0) is 20.6. The summed E-state index contributed by atoms with van der Waals surface area (Å²) in [6, 6.07) is 4.16. The number of benzene rings is 1. The molecule has 9 heteroatoms. The van der Waals surface area contributed by atoms with Crippen molar-refractivity contribution in [2.45, 2.75) is 39.4 Å². The molecule has 0 aliphatic rings. The van der Waals surface area contributed by atoms with Crippen molar-refractivity contribution in [3.63, 3.8) is 0 Å². The van der Waals surface area contributed by atoms with Crippen LogP contribution < -0.4 is 10.9 Å². The molecule has 0 radical (unpaired) electrons. The fraction of sp³-hybridized carbons (Fsp3) is 0.389. The van der Waals surface area contributed by atoms with Crippen molar-refractivity contribution in [3.8, 4) is 0 Å². The summed E-state index contributed by atoms with van der Waals surface area (Å²) in [6.45, 7) is 5.22. The number of amides is 1. The van der Waals surface area contributed by atoms with Gasteiger partial charge >= 0.3 is 6.18 Å². The molecule has 2 aromatic rings. The third-order valence-corrected chi connectivity index (χ3v) is 3.49. The normalized spacial score (nSPS) is 12.0. The summed E-state index contributed by atoms with van der Waals surface area (Å²) in [5.74, 6) is -0.382. The van der Waals surface area contributed by atoms with Crippen LogP contribution in [0.1, 0.15) is 54.3 Å². The number of aromatic amines is 1. The van der Waals surface area contributed by atoms with E-state index in [0.29, 0.717) is 17.8 Å². The third kappa shape index (κ3) is 6.21. The van der Waals surface area contributed by atoms with Gasteiger partial charge in [0.05, 0.1) is 18.2 Å². The molecular weight excluding hydrogens is 363 g/mol. The smallest absolute Gasteiger partial charge is 0.394 e. The summed E-state index contributed by atoms with van der Waals surface area (Å²) in [5.41, 5.74) is -1.16. The molecule has 0 saturated heterocycles. The molecule has 0 fully saturated rings. The Morgan fingerprint density at radius 1 is 1.26 bits per heavy atom. The Labute approximate surface area is 154 Å². The average molecular weight is 385 g/mol. The number of nitrogens with zero attached hydrogens (tertiary/aromatic N) is 1. The Kier molecular flexibility index (Phi) is 8.17. The second-order valence-corrected chi connectivity index (χ2v) is 5.26. The van der Waals surface area contributed by atoms with Crippen LogP contribution in [0, 0.1) is 0 Å². The summed E-state index contributed by atoms with van der Waals surface area (Å²) < 4.78 is 37.7. The Bertz CT molecular complexity index is 802. The summed E-state index contributed by atoms with van der Waals surface area (Å²) in [6.07, 6.45) is -4.05. The van der Waals surface area contributed by atoms with Gasteiger partial charge in [0.15, 0.2) is 0 Å². The van der Waals surface area contributed by atoms with Crippen LogP contribution in [-0.4, -0.2) is 27.6 Å². The van der Waals surface area contributed by atoms with Crippen molar-refractivity contribution >= 4 is 5.91 Å². The van der Waals surface area contributed by atoms with Gasteiger partial charge < -0.3 is 15.4 Å². The lowest BCUT2D eigenvalue weighted by molar-refractivity contribution is -0.137. The second-order valence-electron chi connectivity index (χ2n) is 5.26. The van der Waals surface area contributed by atoms with Crippen LogP contribution in [0.3, 0.4) is 0 Å². The highest BCUT2D eigenvalue weighted by molar-refractivity contribution is 5.92. The first-order valence-electron chi connectivity index (χ1n) is 8.43. The number of aromatic nitrogens is 2. The van der Waals surface area contributed by atoms with Gasteiger partial charge in [-0.05, 0) is 17.7 Å². The first kappa shape index (κ1) is 22.4. The lowest BCUT2D eigenvalue weighted by Crippen LogP contribution is -2.32. The monoisotopic (exact) mass is 385 g/mol. The summed E-state index contributed by atoms with van der Waals surface area (Å²) in [4.78, 5) is 30.2. The van der Waals surface area contributed by atoms with Crippen molar-refractivity contribution < 1.29 is 23.1 Å². The van der Waals surface area contributed by atoms with Gasteiger partial charge in [-0.15, -0.1) is 0 Å². The number of rotatable bonds is 5. The van der Waals surface area contributed by atoms with E-state index in [1.165, 1.54) is 12.1 Å². The summed E-state index contributed by atoms with van der Waals surface area (Å²) >= 11 is 0. The lowest BCUT2D eigenvalue weighted by Gasteiger charge is -2.17. The molecule has 148 valence electrons. The molecule has 1 aromatic carbocycles. The number of carbonyl (C=O) groups excluding carboxylic acids is 1. The molecule has 0 aliphatic heterocycles. The molecule has 1 heterocycles. The van der Waals surface area contributed by atoms with Crippen LogP contribution >= 0.6 is 0 Å². The molecule has 0 spiro atoms. The number of aliphatic hydroxyl groups is 1. The minimum absolute atomic E-state index is 0.133. The number of aliphatic hydroxyl groups excluding tert-OH is 1. The topological polar surface area (TPSA) is 95.1 Å². The van der Waals surface area contributed by atoms with Crippen LogP contribution in [0.25, 0.3) is 0 Å². The van der Waals surface area contributed by atoms with E-state index < -0.39 is 35.9 Å². The number of H-pyrrole nitrogens is 1. The van der Waals surface area contributed by atoms with Crippen LogP contribution in [0.2, 0.25) is 0 Å². The second kappa shape index (κ2) is 9.86. The van der Waals surface area contributed by atoms with E-state index >= 15 is 0 Å². The molecule has 1 unspecified atom stereocenters. The van der Waals surface area contributed by atoms with Gasteiger partial charge in [-0.2, -0.15) is 13.2 Å². The van der Waals surface area contributed by atoms with Gasteiger partial charge in [-0.25, -0.2) is 4.98 Å². The quantitative estimate of drug-likeness (QED) is 0.738. The first-order chi connectivity index (χ1) is 12.7. The van der Waals surface area contributed by atoms with Crippen LogP contribution in [-0.2, 0) is 12.6 Å². The molecule has 0 bridgehead atoms. The zero-order valence-electron chi connectivity index (χ0n) is 15.2. The van der Waals surface area contributed by atoms with Gasteiger partial charge in [0, 0.05) is 12.5 Å². The van der Waals surface area contributed by atoms with Crippen molar-refractivity contribution in [2.24, 2.45) is 0 Å². The minimum Gasteiger partial charge on any atom is -0.394 e. The molecule has 0 aliphatic carbocycles. The Morgan fingerprint density at radius 3 is 2.33 bits per heavy atom. The van der Waals surface area contributed by atoms with E-state index in [9.17, 15) is 27.9 Å². The maximum Gasteiger partial charge on any atom is 0.416 e. The van der Waals surface area contributed by atoms with Crippen LogP contribution in [0.5, 0.6) is 0 Å². The summed E-state index contributed by atoms with van der Waals surface area (Å²) in [7, 11) is 0. The van der Waals surface area contributed by atoms with E-state index in [0.717, 1.165) is 18.2 Å². The number of aryl methyl sites for hydroxylation is 1. The number of hydrogen-bond donors (Lipinski definition) is 3. The van der Waals surface area contributed by atoms with Crippen LogP contribution in [0.15, 0.2) is 35.1 Å². The van der Waals surface area contributed by atoms with E-state index in [4.69, 9.17) is 0 Å². The standard InChI is InChI=1S/C16H16F3N3O3.C2H6/c1-2-13-20-11(7-14(24)22-13)15(25)21-12(8-23)9-3-5-10(6-4-9)16(17,18)19;1-2/h3-7,12,23H,2,8H2,1H3,(H,21,25)(H,20,22,24);1-2H3. The number of alkyl halides is 3. The molecular formula is C18H22F3N3O3. The predicted octanol–water partition coefficient (Wildman–Crippen LogP) is 2.84. The third-order valence-electron chi connectivity index (χ3n) is 3.49. The fourth-order valence-corrected chi connectivity index (χ4v) is 2.16. The zero-order valence-corrected chi connectivity index (χ0v) is 15.2. The predicted molar refractivity (Wildman–Crippen MR) is 94.3 cm³/mol. The minimum atomic E-state index is -4.47. The van der Waals surface area contributed by atoms with E-state index in [1.807, 2.05) is 13.8 Å². The Hall–Kier alpha value is -2.68. The fourth-order valence-electron chi connectivity index (χ4n) is 2.16. The Balaban J connectivity index is 0.00000176. The SMILES string of the molecule is CC.CCc1nc(C(=O)NC(CO)c2ccc(C(F)(F)F)cc2)cc(=O)[nH]1. The first-order valence-corrected chi connectivity index (χ1v) is 8.43. The van der Waals surface area contributed by atoms with Gasteiger partial charge in [0.25, 0.3) is 11.5 Å². The van der Waals surface area contributed by atoms with E-state index in [2.05, 4.69) is 15.3 Å². The molecule has 0 saturated carbocycles. The highest BCUT2D eigenvalue weighted by atomic mass is 19.4. The summed E-state index contributed by atoms with van der Waals surface area (Å²) in [5, 5.41) is 11.9. The van der Waals surface area contributed by atoms with Crippen molar-refractivity contribution in [3.05, 3.63) is 63.3 Å². The largest absolute Gasteiger partial charge is 0.416 e. The lowest BCUT2D eigenvalue weighted by atomic mass is 10.0. The molecule has 2 rings (SSSR count). The van der Waals surface area contributed by atoms with E-state index in [1.54, 1.807) is 6.92 Å². The highest BCUT2D eigenvalue weighted by Crippen LogP contribution is 2.29. The van der Waals surface area contributed by atoms with Crippen LogP contribution in [0.4, 0.5) is 13.2 Å². The molecule has 3 N–H and O–H groups in total. The Morgan fingerprint density at radius 2 is 1.85 bits per heavy atom. The van der Waals surface area contributed by atoms with Crippen molar-refractivity contribution in [1.82, 2.24) is 15.3 Å². The van der Waals surface area contributed by atoms with E-state index in [-0.39, 0.29) is 5.69 Å². The highest BCUT2D eigenvalue weighted by Gasteiger charge is 2.30. The molecule has 1 atom stereocenters. The average Bonchev–Trinajstić information content (AvgIpc) is 2.66. The molecule has 27 heavy (non-hydrogen) atoms. The molecule has 1 amide bonds. The number of carbonyl (C=O) groups is 1. The maximum absolute atomic E-state index is 12.6. The van der Waals surface area contributed by atoms with Gasteiger partial charge in [-0.1, -0.05) is 32.9 Å². The number of nitrogens with one attached hydrogen (secondary N) is 2. The maximum atomic E-state index is 12.6. The van der Waals surface area contributed by atoms with Gasteiger partial charge in [0.2, 0.25) is 0 Å². The molecule has 1 aromatic heterocycles. The van der Waals surface area contributed by atoms with Gasteiger partial charge in [0.1, 0.15) is 11.5 Å². The number of hydrogen-bond acceptors (Lipinski definition) is 4.